The van der Waals surface area contributed by atoms with Gasteiger partial charge in [0, 0.05) is 12.4 Å². The molecule has 8 nitrogen and oxygen atoms in total. The van der Waals surface area contributed by atoms with Crippen LogP contribution in [0.4, 0.5) is 5.69 Å². The first-order valence-corrected chi connectivity index (χ1v) is 8.50. The smallest absolute Gasteiger partial charge is 0.339 e. The highest BCUT2D eigenvalue weighted by atomic mass is 32.1. The minimum absolute atomic E-state index is 0.0477. The first-order chi connectivity index (χ1) is 11.4. The molecule has 0 radical (unpaired) electrons. The molecule has 124 valence electrons. The van der Waals surface area contributed by atoms with Gasteiger partial charge in [-0.05, 0) is 31.4 Å². The Labute approximate surface area is 144 Å². The normalized spacial score (nSPS) is 10.8. The van der Waals surface area contributed by atoms with Crippen LogP contribution in [0.5, 0.6) is 0 Å². The Balaban J connectivity index is 2.01. The number of nitrogens with zero attached hydrogens (tertiary/aromatic N) is 4. The van der Waals surface area contributed by atoms with Gasteiger partial charge in [0.15, 0.2) is 0 Å². The number of aromatic carboxylic acids is 1. The van der Waals surface area contributed by atoms with Crippen LogP contribution < -0.4 is 5.32 Å². The average Bonchev–Trinajstić information content (AvgIpc) is 3.17. The highest BCUT2D eigenvalue weighted by molar-refractivity contribution is 7.14. The first-order valence-electron chi connectivity index (χ1n) is 6.84. The summed E-state index contributed by atoms with van der Waals surface area (Å²) in [6, 6.07) is 1.81. The Morgan fingerprint density at radius 2 is 2.08 bits per heavy atom. The topological polar surface area (TPSA) is 110 Å². The average molecular weight is 363 g/mol. The number of carbonyl (C=O) groups excluding carboxylic acids is 1. The summed E-state index contributed by atoms with van der Waals surface area (Å²) in [6.45, 7) is 3.51. The van der Waals surface area contributed by atoms with Crippen LogP contribution in [-0.2, 0) is 7.05 Å². The van der Waals surface area contributed by atoms with Crippen molar-refractivity contribution in [1.29, 1.82) is 0 Å². The van der Waals surface area contributed by atoms with E-state index < -0.39 is 11.9 Å². The SMILES string of the molecule is Cc1cc(-c2scc(NC(=O)c3snnc3C)c2C(=O)O)n(C)n1. The van der Waals surface area contributed by atoms with Gasteiger partial charge in [0.05, 0.1) is 27.6 Å². The van der Waals surface area contributed by atoms with Gasteiger partial charge in [-0.1, -0.05) is 4.49 Å². The van der Waals surface area contributed by atoms with Crippen molar-refractivity contribution in [2.24, 2.45) is 7.05 Å². The lowest BCUT2D eigenvalue weighted by atomic mass is 10.1. The Hall–Kier alpha value is -2.59. The number of thiophene rings is 1. The van der Waals surface area contributed by atoms with Crippen LogP contribution in [0.2, 0.25) is 0 Å². The van der Waals surface area contributed by atoms with Gasteiger partial charge >= 0.3 is 5.97 Å². The van der Waals surface area contributed by atoms with Crippen molar-refractivity contribution < 1.29 is 14.7 Å². The first kappa shape index (κ1) is 16.3. The number of aromatic nitrogens is 4. The number of hydrogen-bond acceptors (Lipinski definition) is 7. The molecule has 3 aromatic rings. The number of aryl methyl sites for hydroxylation is 3. The van der Waals surface area contributed by atoms with Crippen molar-refractivity contribution in [2.45, 2.75) is 13.8 Å². The summed E-state index contributed by atoms with van der Waals surface area (Å²) in [7, 11) is 1.75. The van der Waals surface area contributed by atoms with E-state index in [1.807, 2.05) is 6.92 Å². The lowest BCUT2D eigenvalue weighted by molar-refractivity contribution is 0.0699. The highest BCUT2D eigenvalue weighted by Gasteiger charge is 2.24. The van der Waals surface area contributed by atoms with Gasteiger partial charge in [0.2, 0.25) is 0 Å². The van der Waals surface area contributed by atoms with Crippen molar-refractivity contribution in [3.8, 4) is 10.6 Å². The van der Waals surface area contributed by atoms with E-state index >= 15 is 0 Å². The third-order valence-corrected chi connectivity index (χ3v) is 5.17. The number of carboxylic acid groups (broad SMARTS) is 1. The number of carboxylic acids is 1. The van der Waals surface area contributed by atoms with Gasteiger partial charge in [0.25, 0.3) is 5.91 Å². The molecule has 3 aromatic heterocycles. The lowest BCUT2D eigenvalue weighted by Gasteiger charge is -2.05. The Morgan fingerprint density at radius 1 is 1.33 bits per heavy atom. The van der Waals surface area contributed by atoms with Crippen LogP contribution in [0.3, 0.4) is 0 Å². The number of carbonyl (C=O) groups is 2. The molecule has 0 aliphatic heterocycles. The van der Waals surface area contributed by atoms with Gasteiger partial charge in [0.1, 0.15) is 10.4 Å². The zero-order valence-corrected chi connectivity index (χ0v) is 14.7. The fraction of sp³-hybridized carbons (Fsp3) is 0.214. The third-order valence-electron chi connectivity index (χ3n) is 3.35. The van der Waals surface area contributed by atoms with E-state index in [-0.39, 0.29) is 11.3 Å². The van der Waals surface area contributed by atoms with Crippen molar-refractivity contribution in [2.75, 3.05) is 5.32 Å². The summed E-state index contributed by atoms with van der Waals surface area (Å²) in [5, 5.41) is 21.9. The largest absolute Gasteiger partial charge is 0.478 e. The lowest BCUT2D eigenvalue weighted by Crippen LogP contribution is -2.14. The maximum absolute atomic E-state index is 12.3. The predicted molar refractivity (Wildman–Crippen MR) is 90.8 cm³/mol. The van der Waals surface area contributed by atoms with Gasteiger partial charge in [-0.2, -0.15) is 5.10 Å². The Kier molecular flexibility index (Phi) is 4.16. The summed E-state index contributed by atoms with van der Waals surface area (Å²) >= 11 is 2.21. The Morgan fingerprint density at radius 3 is 2.62 bits per heavy atom. The van der Waals surface area contributed by atoms with E-state index in [9.17, 15) is 14.7 Å². The van der Waals surface area contributed by atoms with Crippen LogP contribution in [0.25, 0.3) is 10.6 Å². The molecule has 0 fully saturated rings. The quantitative estimate of drug-likeness (QED) is 0.737. The van der Waals surface area contributed by atoms with Crippen LogP contribution in [0.15, 0.2) is 11.4 Å². The minimum Gasteiger partial charge on any atom is -0.478 e. The molecular formula is C14H13N5O3S2. The number of amides is 1. The molecule has 0 bridgehead atoms. The van der Waals surface area contributed by atoms with Gasteiger partial charge in [-0.15, -0.1) is 16.4 Å². The number of anilines is 1. The fourth-order valence-corrected chi connectivity index (χ4v) is 3.88. The second kappa shape index (κ2) is 6.13. The molecule has 0 atom stereocenters. The molecule has 0 aliphatic rings. The minimum atomic E-state index is -1.11. The molecular weight excluding hydrogens is 350 g/mol. The molecule has 3 heterocycles. The second-order valence-corrected chi connectivity index (χ2v) is 6.73. The predicted octanol–water partition coefficient (Wildman–Crippen LogP) is 2.57. The third kappa shape index (κ3) is 2.81. The van der Waals surface area contributed by atoms with E-state index in [2.05, 4.69) is 20.0 Å². The summed E-state index contributed by atoms with van der Waals surface area (Å²) in [5.74, 6) is -1.53. The van der Waals surface area contributed by atoms with Crippen LogP contribution in [0, 0.1) is 13.8 Å². The standard InChI is InChI=1S/C14H13N5O3S2/c1-6-4-9(19(3)17-6)12-10(14(21)22)8(5-23-12)15-13(20)11-7(2)16-18-24-11/h4-5H,1-3H3,(H,15,20)(H,21,22). The van der Waals surface area contributed by atoms with E-state index in [1.54, 1.807) is 30.1 Å². The summed E-state index contributed by atoms with van der Waals surface area (Å²) in [4.78, 5) is 24.9. The molecule has 24 heavy (non-hydrogen) atoms. The number of nitrogens with one attached hydrogen (secondary N) is 1. The zero-order valence-electron chi connectivity index (χ0n) is 13.0. The molecule has 2 N–H and O–H groups in total. The maximum Gasteiger partial charge on any atom is 0.339 e. The van der Waals surface area contributed by atoms with Crippen LogP contribution in [-0.4, -0.2) is 36.4 Å². The second-order valence-electron chi connectivity index (χ2n) is 5.09. The van der Waals surface area contributed by atoms with Gasteiger partial charge < -0.3 is 10.4 Å². The van der Waals surface area contributed by atoms with E-state index in [1.165, 1.54) is 11.3 Å². The van der Waals surface area contributed by atoms with Gasteiger partial charge in [-0.3, -0.25) is 9.48 Å². The van der Waals surface area contributed by atoms with E-state index in [0.717, 1.165) is 17.2 Å². The highest BCUT2D eigenvalue weighted by Crippen LogP contribution is 2.36. The molecule has 0 saturated heterocycles. The summed E-state index contributed by atoms with van der Waals surface area (Å²) < 4.78 is 5.34. The Bertz CT molecular complexity index is 940. The zero-order chi connectivity index (χ0) is 17.4. The monoisotopic (exact) mass is 363 g/mol. The van der Waals surface area contributed by atoms with Crippen molar-refractivity contribution in [3.63, 3.8) is 0 Å². The van der Waals surface area contributed by atoms with E-state index in [4.69, 9.17) is 0 Å². The van der Waals surface area contributed by atoms with Crippen molar-refractivity contribution in [3.05, 3.63) is 33.3 Å². The molecule has 3 rings (SSSR count). The van der Waals surface area contributed by atoms with Crippen molar-refractivity contribution >= 4 is 40.4 Å². The molecule has 10 heteroatoms. The summed E-state index contributed by atoms with van der Waals surface area (Å²) in [6.07, 6.45) is 0. The van der Waals surface area contributed by atoms with E-state index in [0.29, 0.717) is 21.1 Å². The number of hydrogen-bond donors (Lipinski definition) is 2. The number of rotatable bonds is 4. The fourth-order valence-electron chi connectivity index (χ4n) is 2.29. The molecule has 0 unspecified atom stereocenters. The molecule has 0 spiro atoms. The summed E-state index contributed by atoms with van der Waals surface area (Å²) in [5.41, 5.74) is 2.28. The van der Waals surface area contributed by atoms with Crippen molar-refractivity contribution in [1.82, 2.24) is 19.4 Å². The maximum atomic E-state index is 12.3. The molecule has 0 saturated carbocycles. The molecule has 0 aromatic carbocycles. The van der Waals surface area contributed by atoms with Gasteiger partial charge in [-0.25, -0.2) is 4.79 Å². The van der Waals surface area contributed by atoms with Crippen LogP contribution >= 0.6 is 22.9 Å². The molecule has 0 aliphatic carbocycles. The molecule has 1 amide bonds. The van der Waals surface area contributed by atoms with Crippen LogP contribution in [0.1, 0.15) is 31.4 Å².